The zero-order valence-corrected chi connectivity index (χ0v) is 24.6. The van der Waals surface area contributed by atoms with Crippen molar-refractivity contribution in [2.45, 2.75) is 32.2 Å². The van der Waals surface area contributed by atoms with E-state index in [1.54, 1.807) is 34.0 Å². The summed E-state index contributed by atoms with van der Waals surface area (Å²) in [5.74, 6) is -0.273. The largest absolute Gasteiger partial charge is 0.323 e. The Morgan fingerprint density at radius 2 is 1.74 bits per heavy atom. The molecule has 1 amide bonds. The Labute approximate surface area is 253 Å². The molecule has 0 aliphatic carbocycles. The van der Waals surface area contributed by atoms with E-state index in [0.29, 0.717) is 40.7 Å². The second-order valence-electron chi connectivity index (χ2n) is 10.6. The minimum atomic E-state index is -0.378. The summed E-state index contributed by atoms with van der Waals surface area (Å²) in [5.41, 5.74) is 5.78. The molecule has 5 aromatic rings. The zero-order chi connectivity index (χ0) is 29.4. The molecule has 8 nitrogen and oxygen atoms in total. The molecule has 212 valence electrons. The van der Waals surface area contributed by atoms with E-state index in [-0.39, 0.29) is 23.4 Å². The molecule has 3 aromatic heterocycles. The Morgan fingerprint density at radius 1 is 0.905 bits per heavy atom. The summed E-state index contributed by atoms with van der Waals surface area (Å²) in [4.78, 5) is 36.1. The molecule has 2 aromatic carbocycles. The van der Waals surface area contributed by atoms with Crippen LogP contribution in [0.2, 0.25) is 10.0 Å². The SMILES string of the molecule is C[C@@H]1CCC[C@H](n2cnc(-c3cc(Cl)ccc3-c3cccc(Cl)c3)cc2=O)c2cc(ccn2)-c2c(cnn2C)NC1=O. The number of aryl methyl sites for hydroxylation is 1. The van der Waals surface area contributed by atoms with Crippen molar-refractivity contribution in [2.24, 2.45) is 13.0 Å². The number of nitrogens with zero attached hydrogens (tertiary/aromatic N) is 5. The molecular formula is C32H28Cl2N6O2. The Bertz CT molecular complexity index is 1860. The number of carbonyl (C=O) groups excluding carboxylic acids is 1. The second-order valence-corrected chi connectivity index (χ2v) is 11.4. The molecule has 0 spiro atoms. The zero-order valence-electron chi connectivity index (χ0n) is 23.1. The lowest BCUT2D eigenvalue weighted by atomic mass is 9.96. The summed E-state index contributed by atoms with van der Waals surface area (Å²) in [6, 6.07) is 18.0. The minimum Gasteiger partial charge on any atom is -0.323 e. The number of anilines is 1. The molecule has 10 heteroatoms. The van der Waals surface area contributed by atoms with Gasteiger partial charge in [-0.2, -0.15) is 5.10 Å². The second kappa shape index (κ2) is 11.5. The average molecular weight is 600 g/mol. The fourth-order valence-electron chi connectivity index (χ4n) is 5.51. The molecule has 1 N–H and O–H groups in total. The van der Waals surface area contributed by atoms with Crippen molar-refractivity contribution < 1.29 is 4.79 Å². The lowest BCUT2D eigenvalue weighted by molar-refractivity contribution is -0.119. The lowest BCUT2D eigenvalue weighted by Gasteiger charge is -2.22. The van der Waals surface area contributed by atoms with Crippen molar-refractivity contribution >= 4 is 34.8 Å². The molecule has 2 atom stereocenters. The molecule has 6 rings (SSSR count). The Morgan fingerprint density at radius 3 is 2.55 bits per heavy atom. The molecule has 0 saturated carbocycles. The van der Waals surface area contributed by atoms with Crippen LogP contribution in [-0.2, 0) is 11.8 Å². The van der Waals surface area contributed by atoms with Crippen molar-refractivity contribution in [2.75, 3.05) is 5.32 Å². The number of amides is 1. The van der Waals surface area contributed by atoms with E-state index in [4.69, 9.17) is 28.2 Å². The normalized spacial score (nSPS) is 17.1. The maximum Gasteiger partial charge on any atom is 0.254 e. The van der Waals surface area contributed by atoms with Crippen molar-refractivity contribution in [3.05, 3.63) is 105 Å². The summed E-state index contributed by atoms with van der Waals surface area (Å²) < 4.78 is 3.35. The molecule has 0 saturated heterocycles. The number of fused-ring (bicyclic) bond motifs is 4. The number of rotatable bonds is 3. The Hall–Kier alpha value is -4.27. The molecule has 0 unspecified atom stereocenters. The van der Waals surface area contributed by atoms with E-state index < -0.39 is 0 Å². The first-order valence-electron chi connectivity index (χ1n) is 13.7. The average Bonchev–Trinajstić information content (AvgIpc) is 3.34. The highest BCUT2D eigenvalue weighted by molar-refractivity contribution is 6.31. The number of halogens is 2. The minimum absolute atomic E-state index is 0.0594. The fraction of sp³-hybridized carbons (Fsp3) is 0.219. The maximum absolute atomic E-state index is 13.8. The van der Waals surface area contributed by atoms with Gasteiger partial charge in [-0.05, 0) is 60.4 Å². The van der Waals surface area contributed by atoms with Crippen LogP contribution in [-0.4, -0.2) is 30.2 Å². The first-order chi connectivity index (χ1) is 20.3. The van der Waals surface area contributed by atoms with Crippen LogP contribution in [0.15, 0.2) is 84.2 Å². The number of aromatic nitrogens is 5. The molecule has 0 radical (unpaired) electrons. The number of hydrogen-bond acceptors (Lipinski definition) is 5. The lowest BCUT2D eigenvalue weighted by Crippen LogP contribution is -2.27. The van der Waals surface area contributed by atoms with E-state index in [1.807, 2.05) is 62.5 Å². The first-order valence-corrected chi connectivity index (χ1v) is 14.5. The summed E-state index contributed by atoms with van der Waals surface area (Å²) in [6.07, 6.45) is 6.94. The van der Waals surface area contributed by atoms with E-state index in [2.05, 4.69) is 15.4 Å². The highest BCUT2D eigenvalue weighted by Crippen LogP contribution is 2.35. The highest BCUT2D eigenvalue weighted by Gasteiger charge is 2.24. The fourth-order valence-corrected chi connectivity index (χ4v) is 5.87. The maximum atomic E-state index is 13.8. The Kier molecular flexibility index (Phi) is 7.66. The standard InChI is InChI=1S/C32H28Cl2N6O2/c1-19-5-3-8-29(27-14-21(11-12-35-27)31-28(38-32(19)42)17-37-39(31)2)40-18-36-26(16-30(40)41)25-15-23(34)9-10-24(25)20-6-4-7-22(33)13-20/h4,6-7,9-19,29H,3,5,8H2,1-2H3,(H,38,42)/t19-,29+/m1/s1. The van der Waals surface area contributed by atoms with Gasteiger partial charge >= 0.3 is 0 Å². The summed E-state index contributed by atoms with van der Waals surface area (Å²) in [7, 11) is 1.83. The first kappa shape index (κ1) is 27.9. The van der Waals surface area contributed by atoms with Crippen LogP contribution in [0.5, 0.6) is 0 Å². The van der Waals surface area contributed by atoms with Crippen LogP contribution < -0.4 is 10.9 Å². The molecule has 2 bridgehead atoms. The van der Waals surface area contributed by atoms with E-state index in [0.717, 1.165) is 33.6 Å². The van der Waals surface area contributed by atoms with Gasteiger partial charge in [-0.1, -0.05) is 54.7 Å². The van der Waals surface area contributed by atoms with E-state index in [1.165, 1.54) is 6.07 Å². The summed E-state index contributed by atoms with van der Waals surface area (Å²) >= 11 is 12.7. The summed E-state index contributed by atoms with van der Waals surface area (Å²) in [6.45, 7) is 1.91. The molecule has 42 heavy (non-hydrogen) atoms. The van der Waals surface area contributed by atoms with Crippen LogP contribution in [0, 0.1) is 5.92 Å². The number of nitrogens with one attached hydrogen (secondary N) is 1. The highest BCUT2D eigenvalue weighted by atomic mass is 35.5. The van der Waals surface area contributed by atoms with Gasteiger partial charge in [0.1, 0.15) is 0 Å². The number of benzene rings is 2. The molecular weight excluding hydrogens is 571 g/mol. The number of hydrogen-bond donors (Lipinski definition) is 1. The van der Waals surface area contributed by atoms with Gasteiger partial charge in [-0.3, -0.25) is 23.8 Å². The van der Waals surface area contributed by atoms with Crippen molar-refractivity contribution in [3.8, 4) is 33.6 Å². The van der Waals surface area contributed by atoms with E-state index >= 15 is 0 Å². The van der Waals surface area contributed by atoms with Crippen molar-refractivity contribution in [1.82, 2.24) is 24.3 Å². The van der Waals surface area contributed by atoms with E-state index in [9.17, 15) is 9.59 Å². The van der Waals surface area contributed by atoms with Gasteiger partial charge in [0, 0.05) is 46.4 Å². The summed E-state index contributed by atoms with van der Waals surface area (Å²) in [5, 5.41) is 8.55. The van der Waals surface area contributed by atoms with Crippen molar-refractivity contribution in [3.63, 3.8) is 0 Å². The third-order valence-corrected chi connectivity index (χ3v) is 8.19. The molecule has 1 aliphatic heterocycles. The molecule has 0 fully saturated rings. The monoisotopic (exact) mass is 598 g/mol. The molecule has 1 aliphatic rings. The number of carbonyl (C=O) groups is 1. The smallest absolute Gasteiger partial charge is 0.254 e. The van der Waals surface area contributed by atoms with Crippen LogP contribution in [0.4, 0.5) is 5.69 Å². The third-order valence-electron chi connectivity index (χ3n) is 7.72. The quantitative estimate of drug-likeness (QED) is 0.240. The van der Waals surface area contributed by atoms with Crippen LogP contribution in [0.1, 0.15) is 37.9 Å². The third kappa shape index (κ3) is 5.47. The molecule has 4 heterocycles. The van der Waals surface area contributed by atoms with Gasteiger partial charge in [-0.25, -0.2) is 4.98 Å². The van der Waals surface area contributed by atoms with Crippen LogP contribution in [0.25, 0.3) is 33.6 Å². The van der Waals surface area contributed by atoms with Crippen LogP contribution in [0.3, 0.4) is 0 Å². The van der Waals surface area contributed by atoms with Gasteiger partial charge < -0.3 is 5.32 Å². The van der Waals surface area contributed by atoms with Crippen LogP contribution >= 0.6 is 23.2 Å². The van der Waals surface area contributed by atoms with Gasteiger partial charge in [-0.15, -0.1) is 0 Å². The Balaban J connectivity index is 1.44. The van der Waals surface area contributed by atoms with Crippen molar-refractivity contribution in [1.29, 1.82) is 0 Å². The van der Waals surface area contributed by atoms with Gasteiger partial charge in [0.05, 0.1) is 41.3 Å². The van der Waals surface area contributed by atoms with Gasteiger partial charge in [0.25, 0.3) is 5.56 Å². The topological polar surface area (TPSA) is 94.7 Å². The predicted octanol–water partition coefficient (Wildman–Crippen LogP) is 7.03. The number of pyridine rings is 1. The predicted molar refractivity (Wildman–Crippen MR) is 166 cm³/mol. The van der Waals surface area contributed by atoms with Gasteiger partial charge in [0.15, 0.2) is 0 Å². The van der Waals surface area contributed by atoms with Gasteiger partial charge in [0.2, 0.25) is 5.91 Å².